The van der Waals surface area contributed by atoms with Gasteiger partial charge in [0.25, 0.3) is 0 Å². The lowest BCUT2D eigenvalue weighted by Crippen LogP contribution is -2.20. The molecule has 0 aliphatic carbocycles. The van der Waals surface area contributed by atoms with Gasteiger partial charge in [0, 0.05) is 19.3 Å². The number of isocyanates is 1. The van der Waals surface area contributed by atoms with Crippen molar-refractivity contribution >= 4 is 17.5 Å². The number of aliphatic imine (C=N–C) groups is 1. The fourth-order valence-electron chi connectivity index (χ4n) is 1.11. The van der Waals surface area contributed by atoms with Gasteiger partial charge in [-0.15, -0.1) is 0 Å². The first-order chi connectivity index (χ1) is 6.77. The Kier molecular flexibility index (Phi) is 3.85. The summed E-state index contributed by atoms with van der Waals surface area (Å²) in [7, 11) is 1.88. The summed E-state index contributed by atoms with van der Waals surface area (Å²) in [6, 6.07) is 7.14. The van der Waals surface area contributed by atoms with E-state index in [-0.39, 0.29) is 6.61 Å². The second kappa shape index (κ2) is 5.17. The summed E-state index contributed by atoms with van der Waals surface area (Å²) in [5.41, 5.74) is 1.56. The first kappa shape index (κ1) is 10.4. The van der Waals surface area contributed by atoms with Crippen molar-refractivity contribution in [2.75, 3.05) is 25.1 Å². The van der Waals surface area contributed by atoms with Crippen LogP contribution in [-0.4, -0.2) is 31.4 Å². The predicted octanol–water partition coefficient (Wildman–Crippen LogP) is 1.08. The molecule has 0 radical (unpaired) electrons. The third kappa shape index (κ3) is 2.69. The number of carbonyl (C=O) groups excluding carboxylic acids is 1. The van der Waals surface area contributed by atoms with E-state index in [1.807, 2.05) is 24.1 Å². The Morgan fingerprint density at radius 3 is 2.57 bits per heavy atom. The average Bonchev–Trinajstić information content (AvgIpc) is 2.20. The van der Waals surface area contributed by atoms with Gasteiger partial charge in [-0.3, -0.25) is 0 Å². The zero-order valence-electron chi connectivity index (χ0n) is 7.97. The molecule has 1 aromatic rings. The number of rotatable bonds is 4. The zero-order valence-corrected chi connectivity index (χ0v) is 7.97. The summed E-state index contributed by atoms with van der Waals surface area (Å²) in [5, 5.41) is 8.73. The molecule has 4 heteroatoms. The highest BCUT2D eigenvalue weighted by Gasteiger charge is 1.98. The monoisotopic (exact) mass is 192 g/mol. The SMILES string of the molecule is CN(CCO)c1ccc(N=C=O)cc1. The van der Waals surface area contributed by atoms with Crippen LogP contribution < -0.4 is 4.90 Å². The average molecular weight is 192 g/mol. The Bertz CT molecular complexity index is 328. The summed E-state index contributed by atoms with van der Waals surface area (Å²) in [5.74, 6) is 0. The van der Waals surface area contributed by atoms with E-state index in [2.05, 4.69) is 4.99 Å². The lowest BCUT2D eigenvalue weighted by molar-refractivity contribution is 0.304. The maximum Gasteiger partial charge on any atom is 0.240 e. The number of anilines is 1. The van der Waals surface area contributed by atoms with Crippen LogP contribution in [0.3, 0.4) is 0 Å². The molecule has 0 atom stereocenters. The van der Waals surface area contributed by atoms with Crippen LogP contribution in [0.2, 0.25) is 0 Å². The van der Waals surface area contributed by atoms with Crippen molar-refractivity contribution < 1.29 is 9.90 Å². The van der Waals surface area contributed by atoms with Crippen molar-refractivity contribution in [2.45, 2.75) is 0 Å². The van der Waals surface area contributed by atoms with Gasteiger partial charge in [-0.05, 0) is 24.3 Å². The number of likely N-dealkylation sites (N-methyl/N-ethyl adjacent to an activating group) is 1. The smallest absolute Gasteiger partial charge is 0.240 e. The van der Waals surface area contributed by atoms with Gasteiger partial charge < -0.3 is 10.0 Å². The lowest BCUT2D eigenvalue weighted by atomic mass is 10.2. The molecule has 0 spiro atoms. The Morgan fingerprint density at radius 2 is 2.07 bits per heavy atom. The highest BCUT2D eigenvalue weighted by atomic mass is 16.3. The van der Waals surface area contributed by atoms with E-state index in [4.69, 9.17) is 5.11 Å². The second-order valence-electron chi connectivity index (χ2n) is 2.86. The summed E-state index contributed by atoms with van der Waals surface area (Å²) in [4.78, 5) is 15.4. The van der Waals surface area contributed by atoms with Gasteiger partial charge in [0.1, 0.15) is 0 Å². The molecule has 0 aliphatic heterocycles. The van der Waals surface area contributed by atoms with Crippen molar-refractivity contribution in [3.05, 3.63) is 24.3 Å². The van der Waals surface area contributed by atoms with Gasteiger partial charge >= 0.3 is 0 Å². The van der Waals surface area contributed by atoms with E-state index in [1.54, 1.807) is 12.1 Å². The van der Waals surface area contributed by atoms with Crippen molar-refractivity contribution in [1.82, 2.24) is 0 Å². The molecule has 0 bridgehead atoms. The first-order valence-electron chi connectivity index (χ1n) is 4.28. The van der Waals surface area contributed by atoms with Crippen molar-refractivity contribution in [3.8, 4) is 0 Å². The van der Waals surface area contributed by atoms with Crippen LogP contribution in [0.25, 0.3) is 0 Å². The van der Waals surface area contributed by atoms with Gasteiger partial charge in [0.2, 0.25) is 6.08 Å². The van der Waals surface area contributed by atoms with Crippen LogP contribution in [0.5, 0.6) is 0 Å². The molecule has 0 saturated heterocycles. The van der Waals surface area contributed by atoms with E-state index in [0.717, 1.165) is 5.69 Å². The number of hydrogen-bond acceptors (Lipinski definition) is 4. The van der Waals surface area contributed by atoms with Gasteiger partial charge in [-0.2, -0.15) is 4.99 Å². The summed E-state index contributed by atoms with van der Waals surface area (Å²) >= 11 is 0. The topological polar surface area (TPSA) is 52.9 Å². The maximum absolute atomic E-state index is 9.96. The number of aliphatic hydroxyl groups excluding tert-OH is 1. The normalized spacial score (nSPS) is 9.29. The summed E-state index contributed by atoms with van der Waals surface area (Å²) < 4.78 is 0. The molecular formula is C10H12N2O2. The largest absolute Gasteiger partial charge is 0.395 e. The quantitative estimate of drug-likeness (QED) is 0.573. The van der Waals surface area contributed by atoms with Crippen LogP contribution in [0, 0.1) is 0 Å². The van der Waals surface area contributed by atoms with Crippen LogP contribution >= 0.6 is 0 Å². The Labute approximate surface area is 82.5 Å². The fourth-order valence-corrected chi connectivity index (χ4v) is 1.11. The number of nitrogens with zero attached hydrogens (tertiary/aromatic N) is 2. The molecule has 1 N–H and O–H groups in total. The standard InChI is InChI=1S/C10H12N2O2/c1-12(6-7-13)10-4-2-9(3-5-10)11-8-14/h2-5,13H,6-7H2,1H3. The highest BCUT2D eigenvalue weighted by Crippen LogP contribution is 2.17. The van der Waals surface area contributed by atoms with E-state index < -0.39 is 0 Å². The number of hydrogen-bond donors (Lipinski definition) is 1. The highest BCUT2D eigenvalue weighted by molar-refractivity contribution is 5.55. The van der Waals surface area contributed by atoms with Gasteiger partial charge in [0.15, 0.2) is 0 Å². The Morgan fingerprint density at radius 1 is 1.43 bits per heavy atom. The molecule has 0 amide bonds. The van der Waals surface area contributed by atoms with E-state index in [0.29, 0.717) is 12.2 Å². The molecule has 0 unspecified atom stereocenters. The molecule has 4 nitrogen and oxygen atoms in total. The van der Waals surface area contributed by atoms with E-state index in [1.165, 1.54) is 6.08 Å². The van der Waals surface area contributed by atoms with Crippen LogP contribution in [0.15, 0.2) is 29.3 Å². The molecule has 0 aromatic heterocycles. The number of aliphatic hydroxyl groups is 1. The third-order valence-electron chi connectivity index (χ3n) is 1.90. The minimum atomic E-state index is 0.116. The second-order valence-corrected chi connectivity index (χ2v) is 2.86. The Balaban J connectivity index is 2.77. The van der Waals surface area contributed by atoms with Crippen molar-refractivity contribution in [3.63, 3.8) is 0 Å². The van der Waals surface area contributed by atoms with Crippen molar-refractivity contribution in [1.29, 1.82) is 0 Å². The van der Waals surface area contributed by atoms with Crippen LogP contribution in [-0.2, 0) is 4.79 Å². The lowest BCUT2D eigenvalue weighted by Gasteiger charge is -2.17. The van der Waals surface area contributed by atoms with E-state index in [9.17, 15) is 4.79 Å². The minimum Gasteiger partial charge on any atom is -0.395 e. The summed E-state index contributed by atoms with van der Waals surface area (Å²) in [6.07, 6.45) is 1.48. The molecule has 0 heterocycles. The Hall–Kier alpha value is -1.64. The molecule has 1 aromatic carbocycles. The molecular weight excluding hydrogens is 180 g/mol. The number of benzene rings is 1. The maximum atomic E-state index is 9.96. The molecule has 14 heavy (non-hydrogen) atoms. The van der Waals surface area contributed by atoms with Gasteiger partial charge in [-0.1, -0.05) is 0 Å². The van der Waals surface area contributed by atoms with Crippen molar-refractivity contribution in [2.24, 2.45) is 4.99 Å². The first-order valence-corrected chi connectivity index (χ1v) is 4.28. The molecule has 1 rings (SSSR count). The summed E-state index contributed by atoms with van der Waals surface area (Å²) in [6.45, 7) is 0.695. The predicted molar refractivity (Wildman–Crippen MR) is 54.6 cm³/mol. The molecule has 0 fully saturated rings. The molecule has 74 valence electrons. The molecule has 0 aliphatic rings. The molecule has 0 saturated carbocycles. The third-order valence-corrected chi connectivity index (χ3v) is 1.90. The van der Waals surface area contributed by atoms with Crippen LogP contribution in [0.1, 0.15) is 0 Å². The van der Waals surface area contributed by atoms with E-state index >= 15 is 0 Å². The van der Waals surface area contributed by atoms with Crippen LogP contribution in [0.4, 0.5) is 11.4 Å². The fraction of sp³-hybridized carbons (Fsp3) is 0.300. The van der Waals surface area contributed by atoms with Gasteiger partial charge in [-0.25, -0.2) is 4.79 Å². The zero-order chi connectivity index (χ0) is 10.4. The van der Waals surface area contributed by atoms with Gasteiger partial charge in [0.05, 0.1) is 12.3 Å². The minimum absolute atomic E-state index is 0.116.